The number of aromatic nitrogens is 2. The van der Waals surface area contributed by atoms with Crippen LogP contribution in [-0.2, 0) is 0 Å². The van der Waals surface area contributed by atoms with Crippen LogP contribution in [0.5, 0.6) is 0 Å². The lowest BCUT2D eigenvalue weighted by molar-refractivity contribution is 0.100. The van der Waals surface area contributed by atoms with Gasteiger partial charge in [-0.25, -0.2) is 4.68 Å². The highest BCUT2D eigenvalue weighted by Crippen LogP contribution is 2.20. The maximum atomic E-state index is 11.5. The van der Waals surface area contributed by atoms with E-state index in [1.165, 1.54) is 5.56 Å². The average molecular weight is 331 g/mol. The minimum Gasteiger partial charge on any atom is -0.366 e. The highest BCUT2D eigenvalue weighted by molar-refractivity contribution is 6.04. The number of carbonyl (C=O) groups is 1. The molecule has 3 rings (SSSR count). The van der Waals surface area contributed by atoms with Gasteiger partial charge in [-0.05, 0) is 37.7 Å². The third-order valence-corrected chi connectivity index (χ3v) is 3.89. The first-order valence-corrected chi connectivity index (χ1v) is 7.16. The van der Waals surface area contributed by atoms with Crippen molar-refractivity contribution in [2.75, 3.05) is 7.05 Å². The molecule has 5 nitrogen and oxygen atoms in total. The first-order chi connectivity index (χ1) is 10.6. The molecular weight excluding hydrogens is 312 g/mol. The van der Waals surface area contributed by atoms with Crippen LogP contribution in [0.25, 0.3) is 16.6 Å². The number of benzene rings is 2. The number of hydrogen-bond donors (Lipinski definition) is 2. The maximum Gasteiger partial charge on any atom is 0.250 e. The van der Waals surface area contributed by atoms with Gasteiger partial charge in [0, 0.05) is 17.6 Å². The van der Waals surface area contributed by atoms with E-state index in [-0.39, 0.29) is 12.4 Å². The molecule has 0 saturated carbocycles. The predicted octanol–water partition coefficient (Wildman–Crippen LogP) is 2.83. The fourth-order valence-electron chi connectivity index (χ4n) is 2.46. The fourth-order valence-corrected chi connectivity index (χ4v) is 2.46. The fraction of sp³-hybridized carbons (Fsp3) is 0.176. The van der Waals surface area contributed by atoms with E-state index < -0.39 is 5.91 Å². The first kappa shape index (κ1) is 17.0. The number of hydrogen-bond acceptors (Lipinski definition) is 3. The van der Waals surface area contributed by atoms with Crippen LogP contribution in [0, 0.1) is 0 Å². The van der Waals surface area contributed by atoms with Crippen molar-refractivity contribution in [3.05, 3.63) is 59.8 Å². The second-order valence-corrected chi connectivity index (χ2v) is 5.28. The molecule has 120 valence electrons. The Morgan fingerprint density at radius 2 is 1.91 bits per heavy atom. The molecule has 0 aliphatic heterocycles. The van der Waals surface area contributed by atoms with Crippen molar-refractivity contribution < 1.29 is 4.79 Å². The molecule has 3 aromatic rings. The second-order valence-electron chi connectivity index (χ2n) is 5.28. The van der Waals surface area contributed by atoms with Gasteiger partial charge in [0.2, 0.25) is 0 Å². The Morgan fingerprint density at radius 3 is 2.52 bits per heavy atom. The van der Waals surface area contributed by atoms with Gasteiger partial charge in [0.1, 0.15) is 5.52 Å². The Balaban J connectivity index is 0.00000192. The molecule has 1 atom stereocenters. The van der Waals surface area contributed by atoms with Crippen LogP contribution in [0.3, 0.4) is 0 Å². The molecular formula is C17H19ClN4O. The standard InChI is InChI=1S/C17H18N4O.ClH/c1-11(19-2)12-6-8-14(9-7-12)21-10-13-4-3-5-15(17(18)22)16(13)20-21;/h3-11,19H,1-2H3,(H2,18,22);1H/t11-;/m1./s1. The minimum atomic E-state index is -0.464. The van der Waals surface area contributed by atoms with Gasteiger partial charge in [-0.3, -0.25) is 4.79 Å². The lowest BCUT2D eigenvalue weighted by Gasteiger charge is -2.11. The van der Waals surface area contributed by atoms with Gasteiger partial charge in [-0.1, -0.05) is 24.3 Å². The van der Waals surface area contributed by atoms with Crippen molar-refractivity contribution >= 4 is 29.2 Å². The Labute approximate surface area is 140 Å². The lowest BCUT2D eigenvalue weighted by atomic mass is 10.1. The van der Waals surface area contributed by atoms with Crippen molar-refractivity contribution in [2.24, 2.45) is 5.73 Å². The second kappa shape index (κ2) is 6.81. The molecule has 1 aromatic heterocycles. The summed E-state index contributed by atoms with van der Waals surface area (Å²) < 4.78 is 1.77. The summed E-state index contributed by atoms with van der Waals surface area (Å²) in [7, 11) is 1.93. The third-order valence-electron chi connectivity index (χ3n) is 3.89. The third kappa shape index (κ3) is 3.21. The average Bonchev–Trinajstić information content (AvgIpc) is 2.98. The van der Waals surface area contributed by atoms with E-state index >= 15 is 0 Å². The lowest BCUT2D eigenvalue weighted by Crippen LogP contribution is -2.12. The van der Waals surface area contributed by atoms with Crippen LogP contribution in [0.2, 0.25) is 0 Å². The number of primary amides is 1. The summed E-state index contributed by atoms with van der Waals surface area (Å²) in [5, 5.41) is 8.60. The molecule has 23 heavy (non-hydrogen) atoms. The number of nitrogens with two attached hydrogens (primary N) is 1. The SMILES string of the molecule is CN[C@H](C)c1ccc(-n2cc3cccc(C(N)=O)c3n2)cc1.Cl. The molecule has 1 heterocycles. The molecule has 0 fully saturated rings. The monoisotopic (exact) mass is 330 g/mol. The van der Waals surface area contributed by atoms with Gasteiger partial charge in [0.05, 0.1) is 11.3 Å². The Bertz CT molecular complexity index is 826. The largest absolute Gasteiger partial charge is 0.366 e. The quantitative estimate of drug-likeness (QED) is 0.772. The van der Waals surface area contributed by atoms with Crippen molar-refractivity contribution in [3.8, 4) is 5.69 Å². The van der Waals surface area contributed by atoms with Crippen LogP contribution in [-0.4, -0.2) is 22.7 Å². The molecule has 1 amide bonds. The summed E-state index contributed by atoms with van der Waals surface area (Å²) in [6.07, 6.45) is 1.90. The topological polar surface area (TPSA) is 72.9 Å². The molecule has 0 spiro atoms. The highest BCUT2D eigenvalue weighted by atomic mass is 35.5. The predicted molar refractivity (Wildman–Crippen MR) is 94.3 cm³/mol. The van der Waals surface area contributed by atoms with E-state index in [2.05, 4.69) is 29.5 Å². The van der Waals surface area contributed by atoms with E-state index in [1.807, 2.05) is 37.5 Å². The van der Waals surface area contributed by atoms with Gasteiger partial charge < -0.3 is 11.1 Å². The van der Waals surface area contributed by atoms with Crippen LogP contribution in [0.1, 0.15) is 28.9 Å². The van der Waals surface area contributed by atoms with Crippen LogP contribution in [0.4, 0.5) is 0 Å². The van der Waals surface area contributed by atoms with E-state index in [0.29, 0.717) is 17.1 Å². The van der Waals surface area contributed by atoms with Gasteiger partial charge in [-0.2, -0.15) is 5.10 Å². The molecule has 0 aliphatic rings. The van der Waals surface area contributed by atoms with Gasteiger partial charge in [-0.15, -0.1) is 12.4 Å². The highest BCUT2D eigenvalue weighted by Gasteiger charge is 2.11. The molecule has 6 heteroatoms. The Morgan fingerprint density at radius 1 is 1.22 bits per heavy atom. The minimum absolute atomic E-state index is 0. The first-order valence-electron chi connectivity index (χ1n) is 7.16. The summed E-state index contributed by atoms with van der Waals surface area (Å²) in [6.45, 7) is 2.11. The van der Waals surface area contributed by atoms with Crippen LogP contribution in [0.15, 0.2) is 48.7 Å². The van der Waals surface area contributed by atoms with Gasteiger partial charge >= 0.3 is 0 Å². The summed E-state index contributed by atoms with van der Waals surface area (Å²) in [5.74, 6) is -0.464. The number of nitrogens with zero attached hydrogens (tertiary/aromatic N) is 2. The van der Waals surface area contributed by atoms with Crippen LogP contribution >= 0.6 is 12.4 Å². The molecule has 2 aromatic carbocycles. The summed E-state index contributed by atoms with van der Waals surface area (Å²) in [5.41, 5.74) is 8.62. The molecule has 0 bridgehead atoms. The number of amides is 1. The Kier molecular flexibility index (Phi) is 5.03. The van der Waals surface area contributed by atoms with Gasteiger partial charge in [0.25, 0.3) is 5.91 Å². The maximum absolute atomic E-state index is 11.5. The molecule has 3 N–H and O–H groups in total. The van der Waals surface area contributed by atoms with Crippen molar-refractivity contribution in [2.45, 2.75) is 13.0 Å². The van der Waals surface area contributed by atoms with E-state index in [9.17, 15) is 4.79 Å². The number of nitrogens with one attached hydrogen (secondary N) is 1. The van der Waals surface area contributed by atoms with Crippen molar-refractivity contribution in [3.63, 3.8) is 0 Å². The van der Waals surface area contributed by atoms with Gasteiger partial charge in [0.15, 0.2) is 0 Å². The number of rotatable bonds is 4. The summed E-state index contributed by atoms with van der Waals surface area (Å²) >= 11 is 0. The van der Waals surface area contributed by atoms with Crippen LogP contribution < -0.4 is 11.1 Å². The van der Waals surface area contributed by atoms with E-state index in [4.69, 9.17) is 5.73 Å². The number of fused-ring (bicyclic) bond motifs is 1. The number of halogens is 1. The van der Waals surface area contributed by atoms with Crippen molar-refractivity contribution in [1.82, 2.24) is 15.1 Å². The molecule has 0 unspecified atom stereocenters. The van der Waals surface area contributed by atoms with E-state index in [0.717, 1.165) is 11.1 Å². The summed E-state index contributed by atoms with van der Waals surface area (Å²) in [4.78, 5) is 11.5. The van der Waals surface area contributed by atoms with E-state index in [1.54, 1.807) is 10.7 Å². The normalized spacial score (nSPS) is 11.9. The Hall–Kier alpha value is -2.37. The molecule has 0 saturated heterocycles. The smallest absolute Gasteiger partial charge is 0.250 e. The zero-order valence-electron chi connectivity index (χ0n) is 13.0. The number of carbonyl (C=O) groups excluding carboxylic acids is 1. The molecule has 0 radical (unpaired) electrons. The summed E-state index contributed by atoms with van der Waals surface area (Å²) in [6, 6.07) is 13.9. The molecule has 0 aliphatic carbocycles. The zero-order chi connectivity index (χ0) is 15.7. The zero-order valence-corrected chi connectivity index (χ0v) is 13.8. The van der Waals surface area contributed by atoms with Crippen molar-refractivity contribution in [1.29, 1.82) is 0 Å².